The van der Waals surface area contributed by atoms with Crippen molar-refractivity contribution in [2.45, 2.75) is 18.4 Å². The largest absolute Gasteiger partial charge is 0.495 e. The van der Waals surface area contributed by atoms with Crippen LogP contribution in [0.2, 0.25) is 0 Å². The summed E-state index contributed by atoms with van der Waals surface area (Å²) in [4.78, 5) is 23.2. The zero-order valence-electron chi connectivity index (χ0n) is 22.8. The maximum Gasteiger partial charge on any atom is 0.269 e. The molecule has 0 fully saturated rings. The zero-order valence-corrected chi connectivity index (χ0v) is 23.7. The molecule has 0 aromatic heterocycles. The molecule has 0 aliphatic rings. The quantitative estimate of drug-likeness (QED) is 0.142. The Balaban J connectivity index is 1.40. The van der Waals surface area contributed by atoms with Gasteiger partial charge >= 0.3 is 0 Å². The van der Waals surface area contributed by atoms with Crippen molar-refractivity contribution < 1.29 is 27.6 Å². The summed E-state index contributed by atoms with van der Waals surface area (Å²) < 4.78 is 39.2. The molecule has 0 aliphatic heterocycles. The van der Waals surface area contributed by atoms with Crippen molar-refractivity contribution in [3.8, 4) is 11.5 Å². The van der Waals surface area contributed by atoms with Gasteiger partial charge in [-0.05, 0) is 78.7 Å². The Kier molecular flexibility index (Phi) is 9.50. The third kappa shape index (κ3) is 7.49. The van der Waals surface area contributed by atoms with Crippen molar-refractivity contribution in [2.75, 3.05) is 18.0 Å². The highest BCUT2D eigenvalue weighted by molar-refractivity contribution is 7.92. The second-order valence-electron chi connectivity index (χ2n) is 9.07. The minimum absolute atomic E-state index is 0.00914. The third-order valence-electron chi connectivity index (χ3n) is 6.09. The number of carbonyl (C=O) groups excluding carboxylic acids is 1. The summed E-state index contributed by atoms with van der Waals surface area (Å²) in [6.45, 7) is 1.54. The van der Waals surface area contributed by atoms with E-state index in [1.165, 1.54) is 37.6 Å². The molecule has 0 atom stereocenters. The van der Waals surface area contributed by atoms with E-state index >= 15 is 0 Å². The first kappa shape index (κ1) is 29.7. The highest BCUT2D eigenvalue weighted by Gasteiger charge is 2.29. The minimum Gasteiger partial charge on any atom is -0.495 e. The SMILES string of the molecule is COc1ccccc1N(CC(=O)N/N=C/c1ccc(OCc2ccc([N+](=O)[O-])cc2)cc1)S(=O)(=O)c1ccc(C)cc1. The van der Waals surface area contributed by atoms with Gasteiger partial charge in [-0.15, -0.1) is 0 Å². The molecule has 1 amide bonds. The number of rotatable bonds is 12. The second-order valence-corrected chi connectivity index (χ2v) is 10.9. The predicted octanol–water partition coefficient (Wildman–Crippen LogP) is 4.84. The van der Waals surface area contributed by atoms with E-state index in [1.54, 1.807) is 72.8 Å². The number of hydrazone groups is 1. The van der Waals surface area contributed by atoms with Gasteiger partial charge in [-0.25, -0.2) is 13.8 Å². The Labute approximate surface area is 243 Å². The summed E-state index contributed by atoms with van der Waals surface area (Å²) in [5, 5.41) is 14.7. The van der Waals surface area contributed by atoms with E-state index in [2.05, 4.69) is 10.5 Å². The summed E-state index contributed by atoms with van der Waals surface area (Å²) >= 11 is 0. The van der Waals surface area contributed by atoms with E-state index in [9.17, 15) is 23.3 Å². The molecule has 216 valence electrons. The number of nitrogens with one attached hydrogen (secondary N) is 1. The van der Waals surface area contributed by atoms with Crippen molar-refractivity contribution >= 4 is 33.5 Å². The fourth-order valence-corrected chi connectivity index (χ4v) is 5.28. The van der Waals surface area contributed by atoms with Crippen molar-refractivity contribution in [2.24, 2.45) is 5.10 Å². The van der Waals surface area contributed by atoms with E-state index < -0.39 is 27.4 Å². The van der Waals surface area contributed by atoms with Crippen molar-refractivity contribution in [1.29, 1.82) is 0 Å². The summed E-state index contributed by atoms with van der Waals surface area (Å²) in [5.41, 5.74) is 4.94. The van der Waals surface area contributed by atoms with Crippen LogP contribution in [0.15, 0.2) is 107 Å². The van der Waals surface area contributed by atoms with Gasteiger partial charge < -0.3 is 9.47 Å². The number of carbonyl (C=O) groups is 1. The summed E-state index contributed by atoms with van der Waals surface area (Å²) in [5.74, 6) is 0.208. The van der Waals surface area contributed by atoms with Crippen LogP contribution in [-0.4, -0.2) is 39.1 Å². The van der Waals surface area contributed by atoms with Gasteiger partial charge in [0.1, 0.15) is 24.7 Å². The molecule has 4 aromatic carbocycles. The lowest BCUT2D eigenvalue weighted by molar-refractivity contribution is -0.384. The number of anilines is 1. The molecular weight excluding hydrogens is 560 g/mol. The van der Waals surface area contributed by atoms with E-state index in [-0.39, 0.29) is 22.9 Å². The van der Waals surface area contributed by atoms with Gasteiger partial charge in [0, 0.05) is 12.1 Å². The zero-order chi connectivity index (χ0) is 30.1. The fraction of sp³-hybridized carbons (Fsp3) is 0.133. The number of benzene rings is 4. The molecule has 1 N–H and O–H groups in total. The molecule has 4 aromatic rings. The van der Waals surface area contributed by atoms with E-state index in [1.807, 2.05) is 6.92 Å². The number of non-ortho nitro benzene ring substituents is 1. The number of nitro groups is 1. The average Bonchev–Trinajstić information content (AvgIpc) is 3.00. The second kappa shape index (κ2) is 13.4. The number of ether oxygens (including phenoxy) is 2. The van der Waals surface area contributed by atoms with Crippen LogP contribution in [0.3, 0.4) is 0 Å². The molecule has 0 saturated heterocycles. The molecule has 12 heteroatoms. The van der Waals surface area contributed by atoms with E-state index in [0.717, 1.165) is 15.4 Å². The lowest BCUT2D eigenvalue weighted by Crippen LogP contribution is -2.39. The van der Waals surface area contributed by atoms with E-state index in [4.69, 9.17) is 9.47 Å². The average molecular weight is 589 g/mol. The van der Waals surface area contributed by atoms with Gasteiger partial charge in [-0.2, -0.15) is 5.10 Å². The van der Waals surface area contributed by atoms with Crippen molar-refractivity contribution in [1.82, 2.24) is 5.43 Å². The number of methoxy groups -OCH3 is 1. The molecule has 0 radical (unpaired) electrons. The van der Waals surface area contributed by atoms with Gasteiger partial charge in [-0.3, -0.25) is 19.2 Å². The van der Waals surface area contributed by atoms with Gasteiger partial charge in [-0.1, -0.05) is 29.8 Å². The smallest absolute Gasteiger partial charge is 0.269 e. The van der Waals surface area contributed by atoms with Gasteiger partial charge in [0.25, 0.3) is 21.6 Å². The number of para-hydroxylation sites is 2. The maximum atomic E-state index is 13.6. The lowest BCUT2D eigenvalue weighted by Gasteiger charge is -2.25. The molecule has 0 spiro atoms. The Morgan fingerprint density at radius 3 is 2.29 bits per heavy atom. The van der Waals surface area contributed by atoms with Gasteiger partial charge in [0.15, 0.2) is 0 Å². The van der Waals surface area contributed by atoms with Gasteiger partial charge in [0.05, 0.1) is 28.8 Å². The number of aryl methyl sites for hydroxylation is 1. The fourth-order valence-electron chi connectivity index (χ4n) is 3.85. The van der Waals surface area contributed by atoms with Crippen LogP contribution in [0, 0.1) is 17.0 Å². The molecule has 0 aliphatic carbocycles. The molecule has 11 nitrogen and oxygen atoms in total. The molecule has 0 bridgehead atoms. The van der Waals surface area contributed by atoms with Crippen molar-refractivity contribution in [3.63, 3.8) is 0 Å². The first-order valence-electron chi connectivity index (χ1n) is 12.7. The van der Waals surface area contributed by atoms with Crippen LogP contribution in [0.4, 0.5) is 11.4 Å². The number of hydrogen-bond acceptors (Lipinski definition) is 8. The Hall–Kier alpha value is -5.23. The summed E-state index contributed by atoms with van der Waals surface area (Å²) in [6, 6.07) is 25.9. The van der Waals surface area contributed by atoms with Crippen LogP contribution in [0.5, 0.6) is 11.5 Å². The first-order chi connectivity index (χ1) is 20.2. The Morgan fingerprint density at radius 1 is 0.976 bits per heavy atom. The lowest BCUT2D eigenvalue weighted by atomic mass is 10.2. The van der Waals surface area contributed by atoms with Crippen LogP contribution in [0.1, 0.15) is 16.7 Å². The van der Waals surface area contributed by atoms with Crippen LogP contribution in [-0.2, 0) is 21.4 Å². The number of nitro benzene ring substituents is 1. The van der Waals surface area contributed by atoms with Crippen LogP contribution < -0.4 is 19.2 Å². The maximum absolute atomic E-state index is 13.6. The minimum atomic E-state index is -4.12. The van der Waals surface area contributed by atoms with Crippen LogP contribution in [0.25, 0.3) is 0 Å². The highest BCUT2D eigenvalue weighted by atomic mass is 32.2. The Morgan fingerprint density at radius 2 is 1.64 bits per heavy atom. The summed E-state index contributed by atoms with van der Waals surface area (Å²) in [6.07, 6.45) is 1.42. The van der Waals surface area contributed by atoms with Gasteiger partial charge in [0.2, 0.25) is 0 Å². The molecule has 42 heavy (non-hydrogen) atoms. The molecule has 4 rings (SSSR count). The van der Waals surface area contributed by atoms with E-state index in [0.29, 0.717) is 17.1 Å². The standard InChI is InChI=1S/C30H28N4O7S/c1-22-7-17-27(18-8-22)42(38,39)33(28-5-3-4-6-29(28)40-2)20-30(35)32-31-19-23-11-15-26(16-12-23)41-21-24-9-13-25(14-10-24)34(36)37/h3-19H,20-21H2,1-2H3,(H,32,35)/b31-19+. The molecule has 0 saturated carbocycles. The predicted molar refractivity (Wildman–Crippen MR) is 158 cm³/mol. The highest BCUT2D eigenvalue weighted by Crippen LogP contribution is 2.32. The molecular formula is C30H28N4O7S. The number of amides is 1. The Bertz CT molecular complexity index is 1670. The summed E-state index contributed by atoms with van der Waals surface area (Å²) in [7, 11) is -2.69. The number of sulfonamides is 1. The molecule has 0 heterocycles. The van der Waals surface area contributed by atoms with Crippen LogP contribution >= 0.6 is 0 Å². The molecule has 0 unspecified atom stereocenters. The third-order valence-corrected chi connectivity index (χ3v) is 7.86. The number of nitrogens with zero attached hydrogens (tertiary/aromatic N) is 3. The topological polar surface area (TPSA) is 140 Å². The van der Waals surface area contributed by atoms with Crippen molar-refractivity contribution in [3.05, 3.63) is 124 Å². The normalized spacial score (nSPS) is 11.2. The first-order valence-corrected chi connectivity index (χ1v) is 14.1. The monoisotopic (exact) mass is 588 g/mol. The number of hydrogen-bond donors (Lipinski definition) is 1.